The summed E-state index contributed by atoms with van der Waals surface area (Å²) in [5.74, 6) is 0.263. The molecule has 0 bridgehead atoms. The second-order valence-electron chi connectivity index (χ2n) is 6.01. The molecule has 0 aliphatic carbocycles. The Balaban J connectivity index is 0.00000196. The van der Waals surface area contributed by atoms with Gasteiger partial charge in [0.15, 0.2) is 17.0 Å². The maximum atomic E-state index is 10.3. The Labute approximate surface area is 166 Å². The fourth-order valence-electron chi connectivity index (χ4n) is 3.21. The second-order valence-corrected chi connectivity index (χ2v) is 6.01. The van der Waals surface area contributed by atoms with Crippen LogP contribution in [0, 0.1) is 6.08 Å². The summed E-state index contributed by atoms with van der Waals surface area (Å²) >= 11 is 0. The van der Waals surface area contributed by atoms with Crippen molar-refractivity contribution in [2.24, 2.45) is 0 Å². The maximum Gasteiger partial charge on any atom is 0.199 e. The smallest absolute Gasteiger partial charge is 0.199 e. The van der Waals surface area contributed by atoms with Gasteiger partial charge in [-0.05, 0) is 36.4 Å². The first-order valence-corrected chi connectivity index (χ1v) is 8.27. The molecule has 0 amide bonds. The Morgan fingerprint density at radius 1 is 0.731 bits per heavy atom. The molecule has 1 aliphatic heterocycles. The number of para-hydroxylation sites is 1. The minimum atomic E-state index is 0. The van der Waals surface area contributed by atoms with Crippen LogP contribution in [0.2, 0.25) is 0 Å². The molecule has 122 valence electrons. The van der Waals surface area contributed by atoms with Gasteiger partial charge < -0.3 is 5.11 Å². The van der Waals surface area contributed by atoms with Gasteiger partial charge in [-0.25, -0.2) is 0 Å². The molecule has 0 aromatic heterocycles. The minimum Gasteiger partial charge on any atom is -0.499 e. The van der Waals surface area contributed by atoms with E-state index in [4.69, 9.17) is 0 Å². The first-order chi connectivity index (χ1) is 12.3. The van der Waals surface area contributed by atoms with E-state index in [1.165, 1.54) is 0 Å². The van der Waals surface area contributed by atoms with Gasteiger partial charge in [-0.15, -0.1) is 0 Å². The van der Waals surface area contributed by atoms with E-state index in [2.05, 4.69) is 35.2 Å². The van der Waals surface area contributed by atoms with Crippen molar-refractivity contribution >= 4 is 17.0 Å². The molecule has 0 saturated carbocycles. The van der Waals surface area contributed by atoms with E-state index in [1.54, 1.807) is 6.07 Å². The van der Waals surface area contributed by atoms with E-state index in [-0.39, 0.29) is 25.2 Å². The molecular formula is C23H18NOZn+. The van der Waals surface area contributed by atoms with Gasteiger partial charge in [0.2, 0.25) is 0 Å². The van der Waals surface area contributed by atoms with Crippen molar-refractivity contribution in [3.8, 4) is 5.75 Å². The molecule has 2 nitrogen and oxygen atoms in total. The first kappa shape index (κ1) is 18.1. The summed E-state index contributed by atoms with van der Waals surface area (Å²) in [6.45, 7) is 0. The number of benzene rings is 3. The standard InChI is InChI=1S/C23H17NO.Zn/c1-24-21(19-14-8-9-15-22(19)25)16-20(17-10-4-2-5-11-17)23(24)18-12-6-3-7-13-18;/h2-15H,1H3;/p+1. The van der Waals surface area contributed by atoms with E-state index in [0.717, 1.165) is 33.7 Å². The molecule has 0 radical (unpaired) electrons. The molecule has 4 rings (SSSR count). The zero-order chi connectivity index (χ0) is 17.2. The van der Waals surface area contributed by atoms with Crippen molar-refractivity contribution in [2.45, 2.75) is 0 Å². The van der Waals surface area contributed by atoms with Crippen molar-refractivity contribution in [1.29, 1.82) is 0 Å². The molecule has 3 aromatic carbocycles. The Hall–Kier alpha value is -2.73. The van der Waals surface area contributed by atoms with Gasteiger partial charge in [0.25, 0.3) is 0 Å². The van der Waals surface area contributed by atoms with Crippen molar-refractivity contribution in [3.05, 3.63) is 108 Å². The fraction of sp³-hybridized carbons (Fsp3) is 0.0435. The van der Waals surface area contributed by atoms with Crippen molar-refractivity contribution in [3.63, 3.8) is 0 Å². The fourth-order valence-corrected chi connectivity index (χ4v) is 3.21. The summed E-state index contributed by atoms with van der Waals surface area (Å²) < 4.78 is 0. The van der Waals surface area contributed by atoms with Crippen LogP contribution in [0.15, 0.2) is 84.9 Å². The van der Waals surface area contributed by atoms with Crippen LogP contribution in [0.25, 0.3) is 17.0 Å². The predicted molar refractivity (Wildman–Crippen MR) is 102 cm³/mol. The third-order valence-electron chi connectivity index (χ3n) is 4.42. The number of aromatic hydroxyl groups is 1. The van der Waals surface area contributed by atoms with Crippen molar-refractivity contribution in [1.82, 2.24) is 4.90 Å². The average molecular weight is 390 g/mol. The Morgan fingerprint density at radius 2 is 1.27 bits per heavy atom. The van der Waals surface area contributed by atoms with E-state index in [9.17, 15) is 5.11 Å². The molecule has 1 heterocycles. The van der Waals surface area contributed by atoms with Crippen LogP contribution in [0.3, 0.4) is 0 Å². The minimum absolute atomic E-state index is 0. The molecule has 0 fully saturated rings. The molecule has 1 N–H and O–H groups in total. The Morgan fingerprint density at radius 3 is 1.88 bits per heavy atom. The van der Waals surface area contributed by atoms with Gasteiger partial charge in [0.05, 0.1) is 11.6 Å². The molecule has 3 heteroatoms. The van der Waals surface area contributed by atoms with Crippen LogP contribution in [0.1, 0.15) is 16.7 Å². The van der Waals surface area contributed by atoms with E-state index in [1.807, 2.05) is 61.6 Å². The number of nitrogens with zero attached hydrogens (tertiary/aromatic N) is 1. The number of allylic oxidation sites excluding steroid dienone is 2. The molecule has 3 aromatic rings. The molecule has 0 atom stereocenters. The summed E-state index contributed by atoms with van der Waals surface area (Å²) in [5.41, 5.74) is 6.01. The number of hydrogen-bond donors (Lipinski definition) is 1. The van der Waals surface area contributed by atoms with Crippen LogP contribution < -0.4 is 0 Å². The molecular weight excluding hydrogens is 372 g/mol. The maximum absolute atomic E-state index is 10.3. The zero-order valence-electron chi connectivity index (χ0n) is 14.7. The van der Waals surface area contributed by atoms with Gasteiger partial charge in [0, 0.05) is 32.1 Å². The number of phenolic OH excluding ortho intramolecular Hbond substituents is 1. The molecule has 0 unspecified atom stereocenters. The zero-order valence-corrected chi connectivity index (χ0v) is 17.7. The number of phenols is 1. The summed E-state index contributed by atoms with van der Waals surface area (Å²) in [5, 5.41) is 10.3. The van der Waals surface area contributed by atoms with Crippen LogP contribution in [-0.2, 0) is 19.5 Å². The van der Waals surface area contributed by atoms with Crippen LogP contribution in [0.5, 0.6) is 5.75 Å². The third-order valence-corrected chi connectivity index (χ3v) is 4.42. The van der Waals surface area contributed by atoms with Gasteiger partial charge in [0.1, 0.15) is 11.3 Å². The summed E-state index contributed by atoms with van der Waals surface area (Å²) in [6, 6.07) is 27.9. The van der Waals surface area contributed by atoms with Gasteiger partial charge in [-0.1, -0.05) is 48.5 Å². The number of hydrogen-bond acceptors (Lipinski definition) is 2. The Bertz CT molecular complexity index is 962. The average Bonchev–Trinajstić information content (AvgIpc) is 3.01. The van der Waals surface area contributed by atoms with Crippen molar-refractivity contribution in [2.75, 3.05) is 7.05 Å². The monoisotopic (exact) mass is 388 g/mol. The Kier molecular flexibility index (Phi) is 5.33. The molecule has 26 heavy (non-hydrogen) atoms. The predicted octanol–water partition coefficient (Wildman–Crippen LogP) is 5.05. The first-order valence-electron chi connectivity index (χ1n) is 8.27. The van der Waals surface area contributed by atoms with Crippen molar-refractivity contribution < 1.29 is 24.6 Å². The van der Waals surface area contributed by atoms with Crippen LogP contribution >= 0.6 is 0 Å². The van der Waals surface area contributed by atoms with Gasteiger partial charge >= 0.3 is 0 Å². The largest absolute Gasteiger partial charge is 0.499 e. The summed E-state index contributed by atoms with van der Waals surface area (Å²) in [7, 11) is 2.02. The quantitative estimate of drug-likeness (QED) is 0.500. The number of rotatable bonds is 3. The molecule has 0 spiro atoms. The van der Waals surface area contributed by atoms with Gasteiger partial charge in [-0.2, -0.15) is 0 Å². The molecule has 1 aliphatic rings. The van der Waals surface area contributed by atoms with Gasteiger partial charge in [-0.3, -0.25) is 4.90 Å². The summed E-state index contributed by atoms with van der Waals surface area (Å²) in [6.07, 6.45) is 3.52. The second kappa shape index (κ2) is 7.66. The van der Waals surface area contributed by atoms with E-state index < -0.39 is 0 Å². The summed E-state index contributed by atoms with van der Waals surface area (Å²) in [4.78, 5) is 2.10. The van der Waals surface area contributed by atoms with Crippen LogP contribution in [0.4, 0.5) is 0 Å². The third kappa shape index (κ3) is 3.20. The molecule has 0 saturated heterocycles. The van der Waals surface area contributed by atoms with Crippen LogP contribution in [-0.4, -0.2) is 17.1 Å². The van der Waals surface area contributed by atoms with E-state index in [0.29, 0.717) is 0 Å². The SMILES string of the molecule is CN1C(c2ccccc2O)=[C+]C(c2ccccc2)=C1c1ccccc1.[Zn]. The normalized spacial score (nSPS) is 13.1. The van der Waals surface area contributed by atoms with E-state index >= 15 is 0 Å². The topological polar surface area (TPSA) is 23.5 Å².